The smallest absolute Gasteiger partial charge is 0.326 e. The topological polar surface area (TPSA) is 434 Å². The fraction of sp³-hybridized carbons (Fsp3) is 0.488. The number of carbonyl (C=O) groups is 8. The van der Waals surface area contributed by atoms with Gasteiger partial charge in [0.15, 0.2) is 17.5 Å². The highest BCUT2D eigenvalue weighted by Crippen LogP contribution is 2.48. The number of guanidine groups is 1. The van der Waals surface area contributed by atoms with Crippen molar-refractivity contribution >= 4 is 90.6 Å². The Kier molecular flexibility index (Phi) is 33.9. The summed E-state index contributed by atoms with van der Waals surface area (Å²) in [5.41, 5.74) is 19.5. The number of aliphatic carboxylic acids is 3. The van der Waals surface area contributed by atoms with E-state index >= 15 is 0 Å². The summed E-state index contributed by atoms with van der Waals surface area (Å²) in [7, 11) is -8.32. The largest absolute Gasteiger partial charge is 0.481 e. The molecule has 0 spiro atoms. The second kappa shape index (κ2) is 42.5. The number of benzene rings is 4. The van der Waals surface area contributed by atoms with Crippen LogP contribution in [-0.4, -0.2) is 161 Å². The lowest BCUT2D eigenvalue weighted by molar-refractivity contribution is -0.438. The number of ketones is 2. The average Bonchev–Trinajstić information content (AvgIpc) is 1.60. The van der Waals surface area contributed by atoms with Crippen molar-refractivity contribution < 1.29 is 88.9 Å². The first kappa shape index (κ1) is 88.4. The summed E-state index contributed by atoms with van der Waals surface area (Å²) in [6.07, 6.45) is 15.9. The predicted molar refractivity (Wildman–Crippen MR) is 425 cm³/mol. The molecule has 0 bridgehead atoms. The molecular formula is C82H110N9O18S2+. The molecule has 7 rings (SSSR count). The van der Waals surface area contributed by atoms with Gasteiger partial charge in [0.1, 0.15) is 35.9 Å². The Morgan fingerprint density at radius 1 is 0.613 bits per heavy atom. The number of rotatable bonds is 48. The molecule has 0 aromatic heterocycles. The number of nitrogens with zero attached hydrogens (tertiary/aromatic N) is 3. The molecule has 4 aromatic rings. The average molecular weight is 1570 g/mol. The Morgan fingerprint density at radius 3 is 1.90 bits per heavy atom. The van der Waals surface area contributed by atoms with E-state index in [1.165, 1.54) is 0 Å². The Labute approximate surface area is 651 Å². The third-order valence-corrected chi connectivity index (χ3v) is 21.9. The number of carbonyl (C=O) groups excluding carboxylic acids is 5. The van der Waals surface area contributed by atoms with Crippen LogP contribution in [0.4, 0.5) is 16.2 Å². The predicted octanol–water partition coefficient (Wildman–Crippen LogP) is 10.6. The van der Waals surface area contributed by atoms with Gasteiger partial charge in [-0.05, 0) is 156 Å². The molecule has 4 atom stereocenters. The standard InChI is InChI=1S/C82H109N9O18S2/c1-81(2)63-31-14-16-33-68(63)90(49-18-20-51-110(103,104)105)71(81)45-39-58-27-22-28-59(40-46-72-82(3,4)64-32-15-17-34-69(64)91(72)50-19-21-52-111(106,107)108)75(58)109-62-42-37-57(38-43-62)54-67(78(100)101)88-76(97)60(29-23-47-85-79(83)84)55-70(93)66(53-56-25-10-9-11-26-56)87-73(94)35-13-8-6-5-7-12-30-61(92)41-44-65(77(98)99)89-80(102)86-48-24-36-74(95)96/h9-11,14-17,25-26,31-34,37-40,42-43,45-46,60,65-67H,5-8,12-13,18-24,27-30,35-36,41,44,47-55H2,1-4H3,(H12-,83,84,85,86,87,88,89,94,95,96,97,98,99,100,101,102,103,104,105,106,107,108)/p+1/t60-,65+,66+,67+/m1/s1. The van der Waals surface area contributed by atoms with Gasteiger partial charge in [0.25, 0.3) is 20.2 Å². The number of carboxylic acid groups (broad SMARTS) is 3. The van der Waals surface area contributed by atoms with Crippen molar-refractivity contribution in [2.75, 3.05) is 42.6 Å². The molecule has 4 amide bonds. The minimum Gasteiger partial charge on any atom is -0.481 e. The highest BCUT2D eigenvalue weighted by atomic mass is 32.2. The second-order valence-electron chi connectivity index (χ2n) is 29.7. The lowest BCUT2D eigenvalue weighted by Gasteiger charge is -2.27. The zero-order chi connectivity index (χ0) is 80.9. The van der Waals surface area contributed by atoms with Crippen molar-refractivity contribution in [3.63, 3.8) is 0 Å². The number of para-hydroxylation sites is 2. The minimum atomic E-state index is -4.16. The van der Waals surface area contributed by atoms with E-state index in [1.807, 2.05) is 54.6 Å². The number of amides is 4. The lowest BCUT2D eigenvalue weighted by Crippen LogP contribution is -2.47. The third-order valence-electron chi connectivity index (χ3n) is 20.3. The molecule has 0 fully saturated rings. The van der Waals surface area contributed by atoms with Gasteiger partial charge in [-0.25, -0.2) is 14.4 Å². The van der Waals surface area contributed by atoms with Crippen LogP contribution in [0.5, 0.6) is 5.75 Å². The number of nitrogens with one attached hydrogen (secondary N) is 4. The van der Waals surface area contributed by atoms with E-state index in [4.69, 9.17) is 21.3 Å². The number of anilines is 1. The number of urea groups is 1. The summed E-state index contributed by atoms with van der Waals surface area (Å²) in [6.45, 7) is 9.70. The van der Waals surface area contributed by atoms with Gasteiger partial charge >= 0.3 is 23.9 Å². The second-order valence-corrected chi connectivity index (χ2v) is 32.9. The molecule has 2 heterocycles. The number of unbranched alkanes of at least 4 members (excludes halogenated alkanes) is 7. The van der Waals surface area contributed by atoms with Crippen LogP contribution in [-0.2, 0) is 77.5 Å². The SMILES string of the molecule is CC1(C)C(=CC=C2CCCC(C=CC3=[N+](CCCCS(=O)(=O)O)c4ccccc4C3(C)C)=C2Oc2ccc(C[C@H](NC(=O)[C@H](CCCN=C(N)N)CC(=O)[C@H](Cc3ccccc3)NC(=O)CCCCCCCCC(=O)CC[C@H](NC(=O)NCCCC(=O)O)C(=O)O)C(=O)O)cc2)N(CCCCS(=O)(=O)O)c2ccccc21. The monoisotopic (exact) mass is 1570 g/mol. The maximum atomic E-state index is 14.6. The first-order valence-corrected chi connectivity index (χ1v) is 41.5. The molecule has 1 aliphatic carbocycles. The Balaban J connectivity index is 1.05. The Bertz CT molecular complexity index is 4360. The number of carboxylic acids is 3. The van der Waals surface area contributed by atoms with Crippen molar-refractivity contribution in [1.29, 1.82) is 0 Å². The first-order valence-electron chi connectivity index (χ1n) is 38.3. The highest BCUT2D eigenvalue weighted by Gasteiger charge is 2.45. The summed E-state index contributed by atoms with van der Waals surface area (Å²) in [6, 6.07) is 27.6. The molecule has 3 aliphatic rings. The Hall–Kier alpha value is -9.84. The van der Waals surface area contributed by atoms with Crippen LogP contribution in [0.2, 0.25) is 0 Å². The maximum Gasteiger partial charge on any atom is 0.326 e. The number of hydrogen-bond acceptors (Lipinski definition) is 15. The van der Waals surface area contributed by atoms with E-state index in [9.17, 15) is 74.5 Å². The number of aliphatic imine (C=N–C) groups is 1. The van der Waals surface area contributed by atoms with Gasteiger partial charge in [-0.15, -0.1) is 0 Å². The van der Waals surface area contributed by atoms with Crippen molar-refractivity contribution in [1.82, 2.24) is 21.3 Å². The molecule has 29 heteroatoms. The van der Waals surface area contributed by atoms with E-state index in [1.54, 1.807) is 36.4 Å². The van der Waals surface area contributed by atoms with E-state index in [0.717, 1.165) is 69.9 Å². The molecule has 0 saturated carbocycles. The summed E-state index contributed by atoms with van der Waals surface area (Å²) >= 11 is 0. The molecule has 0 saturated heterocycles. The zero-order valence-corrected chi connectivity index (χ0v) is 65.6. The van der Waals surface area contributed by atoms with Crippen LogP contribution in [0.15, 0.2) is 155 Å². The summed E-state index contributed by atoms with van der Waals surface area (Å²) in [5.74, 6) is -6.25. The molecule has 0 radical (unpaired) electrons. The first-order chi connectivity index (χ1) is 52.7. The number of fused-ring (bicyclic) bond motifs is 2. The van der Waals surface area contributed by atoms with Gasteiger partial charge in [-0.3, -0.25) is 38.1 Å². The van der Waals surface area contributed by atoms with Gasteiger partial charge in [0.2, 0.25) is 17.5 Å². The number of allylic oxidation sites excluding steroid dienone is 7. The van der Waals surface area contributed by atoms with E-state index in [-0.39, 0.29) is 126 Å². The van der Waals surface area contributed by atoms with E-state index in [0.29, 0.717) is 81.5 Å². The molecule has 27 nitrogen and oxygen atoms in total. The number of nitrogens with two attached hydrogens (primary N) is 2. The molecule has 4 aromatic carbocycles. The van der Waals surface area contributed by atoms with Crippen LogP contribution >= 0.6 is 0 Å². The molecule has 13 N–H and O–H groups in total. The quantitative estimate of drug-likeness (QED) is 0.00643. The number of hydrogen-bond donors (Lipinski definition) is 11. The van der Waals surface area contributed by atoms with Gasteiger partial charge in [0.05, 0.1) is 23.0 Å². The number of Topliss-reactive ketones (excluding diaryl/α,β-unsaturated/α-hetero) is 2. The van der Waals surface area contributed by atoms with Crippen LogP contribution in [0.3, 0.4) is 0 Å². The van der Waals surface area contributed by atoms with Crippen LogP contribution < -0.4 is 42.4 Å². The maximum absolute atomic E-state index is 14.6. The van der Waals surface area contributed by atoms with Crippen molar-refractivity contribution in [2.24, 2.45) is 22.4 Å². The lowest BCUT2D eigenvalue weighted by atomic mass is 9.81. The molecule has 0 unspecified atom stereocenters. The zero-order valence-electron chi connectivity index (χ0n) is 64.0. The fourth-order valence-corrected chi connectivity index (χ4v) is 15.5. The molecular weight excluding hydrogens is 1460 g/mol. The Morgan fingerprint density at radius 2 is 1.23 bits per heavy atom. The normalized spacial score (nSPS) is 16.3. The van der Waals surface area contributed by atoms with Gasteiger partial charge in [0, 0.05) is 105 Å². The van der Waals surface area contributed by atoms with Crippen LogP contribution in [0.1, 0.15) is 191 Å². The minimum absolute atomic E-state index is 0.0420. The van der Waals surface area contributed by atoms with Crippen LogP contribution in [0, 0.1) is 5.92 Å². The van der Waals surface area contributed by atoms with Crippen molar-refractivity contribution in [3.8, 4) is 5.75 Å². The van der Waals surface area contributed by atoms with Gasteiger partial charge < -0.3 is 57.7 Å². The van der Waals surface area contributed by atoms with E-state index < -0.39 is 90.7 Å². The van der Waals surface area contributed by atoms with Crippen molar-refractivity contribution in [3.05, 3.63) is 172 Å². The molecule has 602 valence electrons. The van der Waals surface area contributed by atoms with E-state index in [2.05, 4.69) is 99.9 Å². The summed E-state index contributed by atoms with van der Waals surface area (Å²) in [5, 5.41) is 39.4. The summed E-state index contributed by atoms with van der Waals surface area (Å²) < 4.78 is 75.3. The highest BCUT2D eigenvalue weighted by molar-refractivity contribution is 7.86. The fourth-order valence-electron chi connectivity index (χ4n) is 14.4. The number of ether oxygens (including phenoxy) is 1. The molecule has 2 aliphatic heterocycles. The van der Waals surface area contributed by atoms with Gasteiger partial charge in [-0.1, -0.05) is 124 Å². The van der Waals surface area contributed by atoms with Gasteiger partial charge in [-0.2, -0.15) is 21.4 Å². The third kappa shape index (κ3) is 28.5. The van der Waals surface area contributed by atoms with Crippen molar-refractivity contribution in [2.45, 2.75) is 211 Å². The summed E-state index contributed by atoms with van der Waals surface area (Å²) in [4.78, 5) is 109. The van der Waals surface area contributed by atoms with Crippen LogP contribution in [0.25, 0.3) is 0 Å². The molecule has 111 heavy (non-hydrogen) atoms.